The zero-order valence-corrected chi connectivity index (χ0v) is 11.8. The highest BCUT2D eigenvalue weighted by atomic mass is 16.5. The fourth-order valence-corrected chi connectivity index (χ4v) is 2.62. The maximum atomic E-state index is 12.6. The summed E-state index contributed by atoms with van der Waals surface area (Å²) in [5.74, 6) is 0.939. The highest BCUT2D eigenvalue weighted by Crippen LogP contribution is 2.29. The number of benzene rings is 2. The van der Waals surface area contributed by atoms with E-state index >= 15 is 0 Å². The lowest BCUT2D eigenvalue weighted by molar-refractivity contribution is 0.102. The van der Waals surface area contributed by atoms with Crippen LogP contribution in [0, 0.1) is 0 Å². The van der Waals surface area contributed by atoms with Crippen LogP contribution in [0.25, 0.3) is 6.08 Å². The molecule has 0 unspecified atom stereocenters. The van der Waals surface area contributed by atoms with Crippen molar-refractivity contribution in [1.29, 1.82) is 0 Å². The second-order valence-electron chi connectivity index (χ2n) is 5.12. The highest BCUT2D eigenvalue weighted by Gasteiger charge is 2.22. The number of aromatic hydroxyl groups is 1. The van der Waals surface area contributed by atoms with E-state index in [0.29, 0.717) is 17.7 Å². The number of carbonyl (C=O) groups excluding carboxylic acids is 1. The second-order valence-corrected chi connectivity index (χ2v) is 5.12. The van der Waals surface area contributed by atoms with Crippen LogP contribution in [0.15, 0.2) is 48.0 Å². The molecular formula is C18H16O3. The minimum atomic E-state index is 0.0403. The van der Waals surface area contributed by atoms with E-state index < -0.39 is 0 Å². The van der Waals surface area contributed by atoms with Gasteiger partial charge in [0.2, 0.25) is 0 Å². The van der Waals surface area contributed by atoms with Crippen molar-refractivity contribution in [1.82, 2.24) is 0 Å². The van der Waals surface area contributed by atoms with Crippen molar-refractivity contribution in [3.8, 4) is 11.5 Å². The van der Waals surface area contributed by atoms with E-state index in [-0.39, 0.29) is 11.5 Å². The molecule has 0 saturated heterocycles. The van der Waals surface area contributed by atoms with Crippen molar-refractivity contribution in [2.24, 2.45) is 0 Å². The molecule has 0 saturated carbocycles. The Morgan fingerprint density at radius 1 is 1.14 bits per heavy atom. The molecule has 3 rings (SSSR count). The molecule has 3 heteroatoms. The summed E-state index contributed by atoms with van der Waals surface area (Å²) in [6.07, 6.45) is 3.41. The standard InChI is InChI=1S/C18H16O3/c1-21-16-8-7-13-5-6-14(18(20)17(13)11-16)9-12-3-2-4-15(19)10-12/h2-4,7-11,19H,5-6H2,1H3/b14-9+. The van der Waals surface area contributed by atoms with Crippen LogP contribution in [-0.4, -0.2) is 18.0 Å². The summed E-state index contributed by atoms with van der Waals surface area (Å²) in [6.45, 7) is 0. The van der Waals surface area contributed by atoms with E-state index in [1.165, 1.54) is 0 Å². The average molecular weight is 280 g/mol. The number of phenolic OH excluding ortho intramolecular Hbond substituents is 1. The number of aryl methyl sites for hydroxylation is 1. The van der Waals surface area contributed by atoms with Gasteiger partial charge in [-0.15, -0.1) is 0 Å². The van der Waals surface area contributed by atoms with Crippen molar-refractivity contribution < 1.29 is 14.6 Å². The predicted molar refractivity (Wildman–Crippen MR) is 81.7 cm³/mol. The maximum absolute atomic E-state index is 12.6. The van der Waals surface area contributed by atoms with Gasteiger partial charge >= 0.3 is 0 Å². The fraction of sp³-hybridized carbons (Fsp3) is 0.167. The quantitative estimate of drug-likeness (QED) is 0.855. The van der Waals surface area contributed by atoms with Gasteiger partial charge < -0.3 is 9.84 Å². The van der Waals surface area contributed by atoms with Gasteiger partial charge in [0.25, 0.3) is 0 Å². The molecule has 1 aliphatic rings. The molecule has 1 N–H and O–H groups in total. The molecule has 0 atom stereocenters. The van der Waals surface area contributed by atoms with Crippen LogP contribution in [0.1, 0.15) is 27.9 Å². The Morgan fingerprint density at radius 2 is 2.00 bits per heavy atom. The molecule has 0 amide bonds. The van der Waals surface area contributed by atoms with Crippen molar-refractivity contribution in [3.05, 3.63) is 64.7 Å². The van der Waals surface area contributed by atoms with Gasteiger partial charge in [0, 0.05) is 11.1 Å². The summed E-state index contributed by atoms with van der Waals surface area (Å²) in [6, 6.07) is 12.6. The first-order valence-electron chi connectivity index (χ1n) is 6.88. The second kappa shape index (κ2) is 5.44. The third-order valence-electron chi connectivity index (χ3n) is 3.73. The van der Waals surface area contributed by atoms with Gasteiger partial charge in [-0.25, -0.2) is 0 Å². The smallest absolute Gasteiger partial charge is 0.189 e. The van der Waals surface area contributed by atoms with Crippen LogP contribution in [0.4, 0.5) is 0 Å². The number of Topliss-reactive ketones (excluding diaryl/α,β-unsaturated/α-hetero) is 1. The molecule has 21 heavy (non-hydrogen) atoms. The minimum Gasteiger partial charge on any atom is -0.508 e. The van der Waals surface area contributed by atoms with Gasteiger partial charge in [0.1, 0.15) is 11.5 Å². The van der Waals surface area contributed by atoms with Crippen molar-refractivity contribution in [3.63, 3.8) is 0 Å². The first-order valence-corrected chi connectivity index (χ1v) is 6.88. The zero-order chi connectivity index (χ0) is 14.8. The lowest BCUT2D eigenvalue weighted by atomic mass is 9.86. The Morgan fingerprint density at radius 3 is 2.76 bits per heavy atom. The van der Waals surface area contributed by atoms with Gasteiger partial charge in [-0.05, 0) is 54.3 Å². The molecule has 2 aromatic carbocycles. The van der Waals surface area contributed by atoms with Crippen LogP contribution in [-0.2, 0) is 6.42 Å². The molecule has 0 heterocycles. The number of allylic oxidation sites excluding steroid dienone is 1. The lowest BCUT2D eigenvalue weighted by Gasteiger charge is -2.18. The van der Waals surface area contributed by atoms with E-state index in [0.717, 1.165) is 23.1 Å². The van der Waals surface area contributed by atoms with Crippen LogP contribution in [0.2, 0.25) is 0 Å². The number of rotatable bonds is 2. The van der Waals surface area contributed by atoms with Crippen LogP contribution < -0.4 is 4.74 Å². The molecule has 0 fully saturated rings. The van der Waals surface area contributed by atoms with Crippen molar-refractivity contribution >= 4 is 11.9 Å². The summed E-state index contributed by atoms with van der Waals surface area (Å²) in [5, 5.41) is 9.50. The lowest BCUT2D eigenvalue weighted by Crippen LogP contribution is -2.14. The fourth-order valence-electron chi connectivity index (χ4n) is 2.62. The maximum Gasteiger partial charge on any atom is 0.189 e. The number of hydrogen-bond acceptors (Lipinski definition) is 3. The Bertz CT molecular complexity index is 729. The first-order chi connectivity index (χ1) is 10.2. The SMILES string of the molecule is COc1ccc2c(c1)C(=O)/C(=C/c1cccc(O)c1)CC2. The number of carbonyl (C=O) groups is 1. The Balaban J connectivity index is 1.98. The number of fused-ring (bicyclic) bond motifs is 1. The Kier molecular flexibility index (Phi) is 3.48. The number of hydrogen-bond donors (Lipinski definition) is 1. The number of phenols is 1. The topological polar surface area (TPSA) is 46.5 Å². The summed E-state index contributed by atoms with van der Waals surface area (Å²) in [4.78, 5) is 12.6. The van der Waals surface area contributed by atoms with Crippen LogP contribution >= 0.6 is 0 Å². The molecule has 0 aromatic heterocycles. The average Bonchev–Trinajstić information content (AvgIpc) is 2.50. The Hall–Kier alpha value is -2.55. The van der Waals surface area contributed by atoms with Gasteiger partial charge in [-0.3, -0.25) is 4.79 Å². The predicted octanol–water partition coefficient (Wildman–Crippen LogP) is 3.61. The van der Waals surface area contributed by atoms with Crippen molar-refractivity contribution in [2.45, 2.75) is 12.8 Å². The van der Waals surface area contributed by atoms with E-state index in [2.05, 4.69) is 0 Å². The van der Waals surface area contributed by atoms with E-state index in [4.69, 9.17) is 4.74 Å². The van der Waals surface area contributed by atoms with Crippen molar-refractivity contribution in [2.75, 3.05) is 7.11 Å². The number of methoxy groups -OCH3 is 1. The summed E-state index contributed by atoms with van der Waals surface area (Å²) < 4.78 is 5.19. The van der Waals surface area contributed by atoms with E-state index in [1.54, 1.807) is 31.4 Å². The normalized spacial score (nSPS) is 15.9. The molecule has 0 spiro atoms. The molecule has 0 aliphatic heterocycles. The Labute approximate surface area is 123 Å². The molecule has 0 radical (unpaired) electrons. The molecule has 0 bridgehead atoms. The monoisotopic (exact) mass is 280 g/mol. The molecule has 3 nitrogen and oxygen atoms in total. The highest BCUT2D eigenvalue weighted by molar-refractivity contribution is 6.13. The van der Waals surface area contributed by atoms with Gasteiger partial charge in [-0.1, -0.05) is 18.2 Å². The molecule has 2 aromatic rings. The summed E-state index contributed by atoms with van der Waals surface area (Å²) in [7, 11) is 1.60. The van der Waals surface area contributed by atoms with E-state index in [1.807, 2.05) is 24.3 Å². The third kappa shape index (κ3) is 2.68. The zero-order valence-electron chi connectivity index (χ0n) is 11.8. The third-order valence-corrected chi connectivity index (χ3v) is 3.73. The van der Waals surface area contributed by atoms with Gasteiger partial charge in [-0.2, -0.15) is 0 Å². The molecule has 106 valence electrons. The van der Waals surface area contributed by atoms with Gasteiger partial charge in [0.15, 0.2) is 5.78 Å². The summed E-state index contributed by atoms with van der Waals surface area (Å²) in [5.41, 5.74) is 3.38. The largest absolute Gasteiger partial charge is 0.508 e. The molecule has 1 aliphatic carbocycles. The summed E-state index contributed by atoms with van der Waals surface area (Å²) >= 11 is 0. The number of ether oxygens (including phenoxy) is 1. The minimum absolute atomic E-state index is 0.0403. The van der Waals surface area contributed by atoms with Crippen LogP contribution in [0.5, 0.6) is 11.5 Å². The van der Waals surface area contributed by atoms with Crippen LogP contribution in [0.3, 0.4) is 0 Å². The first kappa shape index (κ1) is 13.4. The van der Waals surface area contributed by atoms with E-state index in [9.17, 15) is 9.90 Å². The molecular weight excluding hydrogens is 264 g/mol. The number of ketones is 1. The van der Waals surface area contributed by atoms with Gasteiger partial charge in [0.05, 0.1) is 7.11 Å².